The molecule has 1 unspecified atom stereocenters. The zero-order valence-corrected chi connectivity index (χ0v) is 13.6. The molecule has 5 nitrogen and oxygen atoms in total. The average molecular weight is 298 g/mol. The van der Waals surface area contributed by atoms with E-state index in [4.69, 9.17) is 4.74 Å². The number of carbonyl (C=O) groups excluding carboxylic acids is 2. The Bertz CT molecular complexity index is 323. The van der Waals surface area contributed by atoms with Crippen LogP contribution in [0.1, 0.15) is 58.8 Å². The van der Waals surface area contributed by atoms with Crippen LogP contribution >= 0.6 is 0 Å². The van der Waals surface area contributed by atoms with Crippen molar-refractivity contribution in [1.82, 2.24) is 10.6 Å². The molecule has 0 aromatic heterocycles. The normalized spacial score (nSPS) is 18.1. The lowest BCUT2D eigenvalue weighted by Gasteiger charge is -2.20. The fourth-order valence-corrected chi connectivity index (χ4v) is 2.79. The maximum atomic E-state index is 12.0. The van der Waals surface area contributed by atoms with Crippen LogP contribution in [-0.4, -0.2) is 37.6 Å². The quantitative estimate of drug-likeness (QED) is 0.557. The van der Waals surface area contributed by atoms with Gasteiger partial charge in [0.25, 0.3) is 0 Å². The van der Waals surface area contributed by atoms with Crippen LogP contribution in [0.5, 0.6) is 0 Å². The summed E-state index contributed by atoms with van der Waals surface area (Å²) in [5.74, 6) is 0.0389. The third kappa shape index (κ3) is 7.46. The van der Waals surface area contributed by atoms with E-state index in [1.807, 2.05) is 13.8 Å². The van der Waals surface area contributed by atoms with E-state index in [2.05, 4.69) is 10.6 Å². The summed E-state index contributed by atoms with van der Waals surface area (Å²) in [5, 5.41) is 6.09. The number of methoxy groups -OCH3 is 1. The average Bonchev–Trinajstić information content (AvgIpc) is 2.70. The van der Waals surface area contributed by atoms with Crippen molar-refractivity contribution in [2.24, 2.45) is 5.92 Å². The summed E-state index contributed by atoms with van der Waals surface area (Å²) >= 11 is 0. The highest BCUT2D eigenvalue weighted by atomic mass is 16.5. The molecule has 1 saturated carbocycles. The monoisotopic (exact) mass is 298 g/mol. The predicted molar refractivity (Wildman–Crippen MR) is 82.9 cm³/mol. The topological polar surface area (TPSA) is 67.4 Å². The molecular weight excluding hydrogens is 268 g/mol. The van der Waals surface area contributed by atoms with Gasteiger partial charge in [0.2, 0.25) is 5.91 Å². The van der Waals surface area contributed by atoms with Crippen LogP contribution in [-0.2, 0) is 14.3 Å². The summed E-state index contributed by atoms with van der Waals surface area (Å²) in [6.07, 6.45) is 7.72. The van der Waals surface area contributed by atoms with Gasteiger partial charge in [-0.25, -0.2) is 0 Å². The summed E-state index contributed by atoms with van der Waals surface area (Å²) < 4.78 is 4.78. The summed E-state index contributed by atoms with van der Waals surface area (Å²) in [4.78, 5) is 23.7. The van der Waals surface area contributed by atoms with Gasteiger partial charge in [-0.2, -0.15) is 0 Å². The molecule has 0 spiro atoms. The smallest absolute Gasteiger partial charge is 0.322 e. The van der Waals surface area contributed by atoms with E-state index in [1.54, 1.807) is 0 Å². The molecule has 1 amide bonds. The molecule has 1 rings (SSSR count). The molecule has 122 valence electrons. The Kier molecular flexibility index (Phi) is 8.35. The molecule has 0 saturated heterocycles. The lowest BCUT2D eigenvalue weighted by molar-refractivity contribution is -0.143. The molecule has 1 atom stereocenters. The van der Waals surface area contributed by atoms with Crippen LogP contribution in [0, 0.1) is 5.92 Å². The first-order valence-electron chi connectivity index (χ1n) is 8.13. The van der Waals surface area contributed by atoms with Gasteiger partial charge in [-0.05, 0) is 25.2 Å². The van der Waals surface area contributed by atoms with E-state index in [-0.39, 0.29) is 18.4 Å². The molecule has 0 aromatic rings. The second-order valence-electron chi connectivity index (χ2n) is 6.34. The molecule has 0 aliphatic heterocycles. The summed E-state index contributed by atoms with van der Waals surface area (Å²) in [6.45, 7) is 4.26. The van der Waals surface area contributed by atoms with Gasteiger partial charge in [-0.1, -0.05) is 39.5 Å². The van der Waals surface area contributed by atoms with Crippen molar-refractivity contribution in [3.05, 3.63) is 0 Å². The molecule has 21 heavy (non-hydrogen) atoms. The third-order valence-electron chi connectivity index (χ3n) is 3.92. The van der Waals surface area contributed by atoms with Crippen molar-refractivity contribution >= 4 is 11.9 Å². The molecule has 0 heterocycles. The SMILES string of the molecule is COC(=O)C(CC(C)C)NCC(=O)NC1CCCCCC1. The van der Waals surface area contributed by atoms with Gasteiger partial charge in [0.05, 0.1) is 13.7 Å². The largest absolute Gasteiger partial charge is 0.468 e. The van der Waals surface area contributed by atoms with Gasteiger partial charge in [0, 0.05) is 6.04 Å². The maximum absolute atomic E-state index is 12.0. The molecule has 1 aliphatic carbocycles. The van der Waals surface area contributed by atoms with Gasteiger partial charge in [-0.3, -0.25) is 14.9 Å². The summed E-state index contributed by atoms with van der Waals surface area (Å²) in [7, 11) is 1.38. The minimum atomic E-state index is -0.408. The standard InChI is InChI=1S/C16H30N2O3/c1-12(2)10-14(16(20)21-3)17-11-15(19)18-13-8-6-4-5-7-9-13/h12-14,17H,4-11H2,1-3H3,(H,18,19). The Hall–Kier alpha value is -1.10. The zero-order chi connectivity index (χ0) is 15.7. The number of esters is 1. The molecule has 0 bridgehead atoms. The summed E-state index contributed by atoms with van der Waals surface area (Å²) in [5.41, 5.74) is 0. The van der Waals surface area contributed by atoms with Gasteiger partial charge >= 0.3 is 5.97 Å². The number of carbonyl (C=O) groups is 2. The van der Waals surface area contributed by atoms with Crippen LogP contribution in [0.25, 0.3) is 0 Å². The number of rotatable bonds is 7. The van der Waals surface area contributed by atoms with Gasteiger partial charge in [0.1, 0.15) is 6.04 Å². The molecule has 2 N–H and O–H groups in total. The fraction of sp³-hybridized carbons (Fsp3) is 0.875. The predicted octanol–water partition coefficient (Wildman–Crippen LogP) is 2.00. The van der Waals surface area contributed by atoms with Crippen LogP contribution in [0.2, 0.25) is 0 Å². The van der Waals surface area contributed by atoms with Crippen molar-refractivity contribution in [3.63, 3.8) is 0 Å². The number of ether oxygens (including phenoxy) is 1. The lowest BCUT2D eigenvalue weighted by Crippen LogP contribution is -2.46. The lowest BCUT2D eigenvalue weighted by atomic mass is 10.0. The van der Waals surface area contributed by atoms with Crippen molar-refractivity contribution in [2.45, 2.75) is 70.9 Å². The van der Waals surface area contributed by atoms with Crippen molar-refractivity contribution < 1.29 is 14.3 Å². The molecular formula is C16H30N2O3. The first kappa shape index (κ1) is 18.0. The van der Waals surface area contributed by atoms with E-state index in [1.165, 1.54) is 32.8 Å². The number of nitrogens with one attached hydrogen (secondary N) is 2. The molecule has 1 fully saturated rings. The first-order chi connectivity index (χ1) is 10.0. The molecule has 0 aromatic carbocycles. The highest BCUT2D eigenvalue weighted by Gasteiger charge is 2.21. The van der Waals surface area contributed by atoms with Crippen molar-refractivity contribution in [2.75, 3.05) is 13.7 Å². The van der Waals surface area contributed by atoms with Gasteiger partial charge in [0.15, 0.2) is 0 Å². The Morgan fingerprint density at radius 2 is 1.76 bits per heavy atom. The molecule has 0 radical (unpaired) electrons. The Labute approximate surface area is 128 Å². The highest BCUT2D eigenvalue weighted by molar-refractivity contribution is 5.80. The molecule has 5 heteroatoms. The van der Waals surface area contributed by atoms with Crippen molar-refractivity contribution in [3.8, 4) is 0 Å². The molecule has 1 aliphatic rings. The first-order valence-corrected chi connectivity index (χ1v) is 8.13. The van der Waals surface area contributed by atoms with E-state index < -0.39 is 6.04 Å². The van der Waals surface area contributed by atoms with Gasteiger partial charge < -0.3 is 10.1 Å². The number of amides is 1. The second kappa shape index (κ2) is 9.77. The minimum absolute atomic E-state index is 0.0282. The Morgan fingerprint density at radius 3 is 2.29 bits per heavy atom. The van der Waals surface area contributed by atoms with E-state index in [0.29, 0.717) is 18.4 Å². The zero-order valence-electron chi connectivity index (χ0n) is 13.6. The second-order valence-corrected chi connectivity index (χ2v) is 6.34. The fourth-order valence-electron chi connectivity index (χ4n) is 2.79. The van der Waals surface area contributed by atoms with E-state index in [9.17, 15) is 9.59 Å². The van der Waals surface area contributed by atoms with Crippen LogP contribution in [0.15, 0.2) is 0 Å². The maximum Gasteiger partial charge on any atom is 0.322 e. The van der Waals surface area contributed by atoms with Crippen molar-refractivity contribution in [1.29, 1.82) is 0 Å². The Balaban J connectivity index is 2.35. The van der Waals surface area contributed by atoms with Gasteiger partial charge in [-0.15, -0.1) is 0 Å². The summed E-state index contributed by atoms with van der Waals surface area (Å²) in [6, 6.07) is -0.113. The van der Waals surface area contributed by atoms with E-state index >= 15 is 0 Å². The highest BCUT2D eigenvalue weighted by Crippen LogP contribution is 2.17. The minimum Gasteiger partial charge on any atom is -0.468 e. The third-order valence-corrected chi connectivity index (χ3v) is 3.92. The van der Waals surface area contributed by atoms with Crippen LogP contribution in [0.4, 0.5) is 0 Å². The van der Waals surface area contributed by atoms with E-state index in [0.717, 1.165) is 12.8 Å². The van der Waals surface area contributed by atoms with Crippen LogP contribution < -0.4 is 10.6 Å². The Morgan fingerprint density at radius 1 is 1.14 bits per heavy atom. The number of hydrogen-bond donors (Lipinski definition) is 2. The number of hydrogen-bond acceptors (Lipinski definition) is 4. The van der Waals surface area contributed by atoms with Crippen LogP contribution in [0.3, 0.4) is 0 Å².